The largest absolute Gasteiger partial charge is 0.489 e. The highest BCUT2D eigenvalue weighted by Gasteiger charge is 2.18. The molecule has 0 radical (unpaired) electrons. The van der Waals surface area contributed by atoms with Crippen LogP contribution in [0.5, 0.6) is 5.75 Å². The predicted molar refractivity (Wildman–Crippen MR) is 64.0 cm³/mol. The number of ether oxygens (including phenoxy) is 1. The van der Waals surface area contributed by atoms with Crippen molar-refractivity contribution in [1.82, 2.24) is 0 Å². The van der Waals surface area contributed by atoms with Crippen LogP contribution >= 0.6 is 0 Å². The number of hydrogen-bond acceptors (Lipinski definition) is 2. The molecule has 15 heavy (non-hydrogen) atoms. The van der Waals surface area contributed by atoms with Crippen LogP contribution in [0.25, 0.3) is 0 Å². The maximum absolute atomic E-state index is 6.06. The summed E-state index contributed by atoms with van der Waals surface area (Å²) in [5, 5.41) is 0. The van der Waals surface area contributed by atoms with E-state index in [1.165, 1.54) is 0 Å². The lowest BCUT2D eigenvalue weighted by molar-refractivity contribution is 0.340. The number of rotatable bonds is 4. The molecule has 0 aliphatic carbocycles. The van der Waals surface area contributed by atoms with Crippen LogP contribution in [-0.4, -0.2) is 6.61 Å². The van der Waals surface area contributed by atoms with E-state index >= 15 is 0 Å². The molecule has 0 bridgehead atoms. The molecule has 2 N–H and O–H groups in total. The van der Waals surface area contributed by atoms with Crippen LogP contribution in [-0.2, 0) is 5.54 Å². The van der Waals surface area contributed by atoms with E-state index in [0.29, 0.717) is 6.61 Å². The molecule has 0 unspecified atom stereocenters. The van der Waals surface area contributed by atoms with Crippen LogP contribution in [0.3, 0.4) is 0 Å². The van der Waals surface area contributed by atoms with E-state index in [1.807, 2.05) is 45.0 Å². The van der Waals surface area contributed by atoms with Crippen molar-refractivity contribution in [2.75, 3.05) is 6.61 Å². The average Bonchev–Trinajstić information content (AvgIpc) is 2.13. The fourth-order valence-electron chi connectivity index (χ4n) is 1.33. The number of para-hydroxylation sites is 1. The Kier molecular flexibility index (Phi) is 3.53. The van der Waals surface area contributed by atoms with Gasteiger partial charge in [0.1, 0.15) is 12.4 Å². The lowest BCUT2D eigenvalue weighted by Gasteiger charge is -2.22. The highest BCUT2D eigenvalue weighted by atomic mass is 16.5. The third-order valence-corrected chi connectivity index (χ3v) is 2.06. The SMILES string of the molecule is C=C(C)COc1ccccc1C(C)(C)N. The quantitative estimate of drug-likeness (QED) is 0.767. The van der Waals surface area contributed by atoms with Gasteiger partial charge in [-0.25, -0.2) is 0 Å². The number of nitrogens with two attached hydrogens (primary N) is 1. The van der Waals surface area contributed by atoms with Crippen molar-refractivity contribution in [2.24, 2.45) is 5.73 Å². The summed E-state index contributed by atoms with van der Waals surface area (Å²) in [5.41, 5.74) is 7.70. The summed E-state index contributed by atoms with van der Waals surface area (Å²) >= 11 is 0. The second kappa shape index (κ2) is 4.49. The van der Waals surface area contributed by atoms with Crippen molar-refractivity contribution in [3.05, 3.63) is 42.0 Å². The van der Waals surface area contributed by atoms with E-state index in [0.717, 1.165) is 16.9 Å². The first-order valence-corrected chi connectivity index (χ1v) is 5.07. The summed E-state index contributed by atoms with van der Waals surface area (Å²) in [5.74, 6) is 0.841. The molecule has 0 saturated carbocycles. The molecule has 0 aliphatic rings. The molecular formula is C13H19NO. The minimum absolute atomic E-state index is 0.383. The summed E-state index contributed by atoms with van der Waals surface area (Å²) < 4.78 is 5.65. The fourth-order valence-corrected chi connectivity index (χ4v) is 1.33. The fraction of sp³-hybridized carbons (Fsp3) is 0.385. The van der Waals surface area contributed by atoms with Gasteiger partial charge in [-0.15, -0.1) is 0 Å². The summed E-state index contributed by atoms with van der Waals surface area (Å²) in [6, 6.07) is 7.85. The molecule has 0 fully saturated rings. The Bertz CT molecular complexity index is 350. The summed E-state index contributed by atoms with van der Waals surface area (Å²) in [6.07, 6.45) is 0. The minimum Gasteiger partial charge on any atom is -0.489 e. The maximum atomic E-state index is 6.06. The maximum Gasteiger partial charge on any atom is 0.124 e. The van der Waals surface area contributed by atoms with Gasteiger partial charge in [0.2, 0.25) is 0 Å². The van der Waals surface area contributed by atoms with Gasteiger partial charge in [-0.2, -0.15) is 0 Å². The van der Waals surface area contributed by atoms with Crippen molar-refractivity contribution in [3.63, 3.8) is 0 Å². The van der Waals surface area contributed by atoms with Crippen LogP contribution in [0.1, 0.15) is 26.3 Å². The highest BCUT2D eigenvalue weighted by molar-refractivity contribution is 5.38. The first-order chi connectivity index (χ1) is 6.91. The Hall–Kier alpha value is -1.28. The molecule has 1 aromatic rings. The molecule has 0 amide bonds. The molecule has 0 saturated heterocycles. The van der Waals surface area contributed by atoms with Gasteiger partial charge in [-0.05, 0) is 32.4 Å². The van der Waals surface area contributed by atoms with Crippen LogP contribution < -0.4 is 10.5 Å². The molecule has 0 heterocycles. The van der Waals surface area contributed by atoms with Crippen molar-refractivity contribution in [3.8, 4) is 5.75 Å². The Morgan fingerprint density at radius 3 is 2.53 bits per heavy atom. The van der Waals surface area contributed by atoms with Gasteiger partial charge in [-0.3, -0.25) is 0 Å². The Morgan fingerprint density at radius 2 is 2.00 bits per heavy atom. The van der Waals surface area contributed by atoms with Gasteiger partial charge in [0.15, 0.2) is 0 Å². The minimum atomic E-state index is -0.383. The second-order valence-electron chi connectivity index (χ2n) is 4.46. The van der Waals surface area contributed by atoms with Crippen LogP contribution in [0, 0.1) is 0 Å². The van der Waals surface area contributed by atoms with Crippen LogP contribution in [0.2, 0.25) is 0 Å². The van der Waals surface area contributed by atoms with Crippen molar-refractivity contribution in [2.45, 2.75) is 26.3 Å². The average molecular weight is 205 g/mol. The Morgan fingerprint density at radius 1 is 1.40 bits per heavy atom. The Labute approximate surface area is 91.7 Å². The van der Waals surface area contributed by atoms with Gasteiger partial charge in [0.25, 0.3) is 0 Å². The van der Waals surface area contributed by atoms with E-state index in [1.54, 1.807) is 0 Å². The van der Waals surface area contributed by atoms with E-state index in [4.69, 9.17) is 10.5 Å². The highest BCUT2D eigenvalue weighted by Crippen LogP contribution is 2.27. The third-order valence-electron chi connectivity index (χ3n) is 2.06. The number of benzene rings is 1. The molecule has 1 rings (SSSR count). The lowest BCUT2D eigenvalue weighted by atomic mass is 9.95. The standard InChI is InChI=1S/C13H19NO/c1-10(2)9-15-12-8-6-5-7-11(12)13(3,4)14/h5-8H,1,9,14H2,2-4H3. The van der Waals surface area contributed by atoms with Gasteiger partial charge < -0.3 is 10.5 Å². The van der Waals surface area contributed by atoms with Crippen LogP contribution in [0.4, 0.5) is 0 Å². The molecule has 0 aliphatic heterocycles. The lowest BCUT2D eigenvalue weighted by Crippen LogP contribution is -2.29. The van der Waals surface area contributed by atoms with Crippen molar-refractivity contribution in [1.29, 1.82) is 0 Å². The topological polar surface area (TPSA) is 35.2 Å². The monoisotopic (exact) mass is 205 g/mol. The first-order valence-electron chi connectivity index (χ1n) is 5.07. The zero-order valence-electron chi connectivity index (χ0n) is 9.71. The Balaban J connectivity index is 2.92. The third kappa shape index (κ3) is 3.40. The normalized spacial score (nSPS) is 11.2. The second-order valence-corrected chi connectivity index (χ2v) is 4.46. The van der Waals surface area contributed by atoms with E-state index in [-0.39, 0.29) is 5.54 Å². The zero-order valence-corrected chi connectivity index (χ0v) is 9.71. The van der Waals surface area contributed by atoms with Gasteiger partial charge in [0.05, 0.1) is 0 Å². The predicted octanol–water partition coefficient (Wildman–Crippen LogP) is 2.84. The molecule has 82 valence electrons. The summed E-state index contributed by atoms with van der Waals surface area (Å²) in [4.78, 5) is 0. The van der Waals surface area contributed by atoms with E-state index in [9.17, 15) is 0 Å². The summed E-state index contributed by atoms with van der Waals surface area (Å²) in [6.45, 7) is 10.2. The summed E-state index contributed by atoms with van der Waals surface area (Å²) in [7, 11) is 0. The van der Waals surface area contributed by atoms with E-state index < -0.39 is 0 Å². The molecule has 2 nitrogen and oxygen atoms in total. The number of hydrogen-bond donors (Lipinski definition) is 1. The molecular weight excluding hydrogens is 186 g/mol. The molecule has 0 spiro atoms. The molecule has 2 heteroatoms. The first kappa shape index (κ1) is 11.8. The zero-order chi connectivity index (χ0) is 11.5. The van der Waals surface area contributed by atoms with Crippen molar-refractivity contribution < 1.29 is 4.74 Å². The van der Waals surface area contributed by atoms with Gasteiger partial charge in [-0.1, -0.05) is 24.8 Å². The smallest absolute Gasteiger partial charge is 0.124 e. The van der Waals surface area contributed by atoms with Crippen LogP contribution in [0.15, 0.2) is 36.4 Å². The van der Waals surface area contributed by atoms with Gasteiger partial charge >= 0.3 is 0 Å². The van der Waals surface area contributed by atoms with Gasteiger partial charge in [0, 0.05) is 11.1 Å². The molecule has 0 atom stereocenters. The molecule has 0 aromatic heterocycles. The van der Waals surface area contributed by atoms with E-state index in [2.05, 4.69) is 6.58 Å². The molecule has 1 aromatic carbocycles. The van der Waals surface area contributed by atoms with Crippen molar-refractivity contribution >= 4 is 0 Å².